The predicted octanol–water partition coefficient (Wildman–Crippen LogP) is 4.23. The van der Waals surface area contributed by atoms with Crippen molar-refractivity contribution in [3.63, 3.8) is 0 Å². The smallest absolute Gasteiger partial charge is 0.238 e. The van der Waals surface area contributed by atoms with Crippen LogP contribution in [0.25, 0.3) is 0 Å². The van der Waals surface area contributed by atoms with Crippen molar-refractivity contribution in [2.45, 2.75) is 13.0 Å². The van der Waals surface area contributed by atoms with Gasteiger partial charge in [0.05, 0.1) is 19.8 Å². The van der Waals surface area contributed by atoms with Crippen LogP contribution in [0.4, 0.5) is 5.69 Å². The van der Waals surface area contributed by atoms with E-state index in [0.717, 1.165) is 12.0 Å². The van der Waals surface area contributed by atoms with Crippen molar-refractivity contribution in [3.05, 3.63) is 52.0 Å². The van der Waals surface area contributed by atoms with E-state index in [-0.39, 0.29) is 12.5 Å². The molecule has 1 amide bonds. The van der Waals surface area contributed by atoms with Gasteiger partial charge in [0, 0.05) is 34.8 Å². The number of fused-ring (bicyclic) bond motifs is 1. The van der Waals surface area contributed by atoms with Crippen LogP contribution in [0.1, 0.15) is 12.0 Å². The number of halogens is 2. The molecule has 1 N–H and O–H groups in total. The molecule has 0 atom stereocenters. The molecule has 0 radical (unpaired) electrons. The second-order valence-corrected chi connectivity index (χ2v) is 7.01. The van der Waals surface area contributed by atoms with Crippen molar-refractivity contribution < 1.29 is 14.3 Å². The van der Waals surface area contributed by atoms with Gasteiger partial charge in [0.2, 0.25) is 5.91 Å². The second-order valence-electron chi connectivity index (χ2n) is 6.17. The zero-order valence-corrected chi connectivity index (χ0v) is 15.9. The number of ether oxygens (including phenoxy) is 2. The lowest BCUT2D eigenvalue weighted by Gasteiger charge is -2.17. The van der Waals surface area contributed by atoms with Crippen molar-refractivity contribution in [2.24, 2.45) is 0 Å². The number of benzene rings is 2. The fourth-order valence-electron chi connectivity index (χ4n) is 2.68. The molecule has 1 aliphatic rings. The number of nitrogens with zero attached hydrogens (tertiary/aromatic N) is 1. The molecule has 7 heteroatoms. The number of anilines is 1. The molecular weight excluding hydrogens is 375 g/mol. The van der Waals surface area contributed by atoms with E-state index < -0.39 is 0 Å². The van der Waals surface area contributed by atoms with Crippen LogP contribution in [-0.2, 0) is 11.3 Å². The Balaban J connectivity index is 1.57. The third-order valence-electron chi connectivity index (χ3n) is 3.90. The summed E-state index contributed by atoms with van der Waals surface area (Å²) in [5, 5.41) is 4.06. The average molecular weight is 395 g/mol. The highest BCUT2D eigenvalue weighted by molar-refractivity contribution is 6.35. The van der Waals surface area contributed by atoms with Crippen molar-refractivity contribution in [1.82, 2.24) is 4.90 Å². The fraction of sp³-hybridized carbons (Fsp3) is 0.316. The normalized spacial score (nSPS) is 13.4. The Morgan fingerprint density at radius 1 is 1.12 bits per heavy atom. The Morgan fingerprint density at radius 2 is 1.88 bits per heavy atom. The van der Waals surface area contributed by atoms with E-state index in [4.69, 9.17) is 32.7 Å². The molecule has 5 nitrogen and oxygen atoms in total. The number of likely N-dealkylation sites (N-methyl/N-ethyl adjacent to an activating group) is 1. The minimum Gasteiger partial charge on any atom is -0.490 e. The van der Waals surface area contributed by atoms with Crippen LogP contribution in [0.2, 0.25) is 10.0 Å². The first-order valence-electron chi connectivity index (χ1n) is 8.33. The van der Waals surface area contributed by atoms with Gasteiger partial charge in [-0.2, -0.15) is 0 Å². The highest BCUT2D eigenvalue weighted by atomic mass is 35.5. The van der Waals surface area contributed by atoms with E-state index in [1.807, 2.05) is 30.1 Å². The highest BCUT2D eigenvalue weighted by Gasteiger charge is 2.13. The number of carbonyl (C=O) groups excluding carboxylic acids is 1. The molecule has 1 aliphatic heterocycles. The van der Waals surface area contributed by atoms with Gasteiger partial charge in [-0.15, -0.1) is 0 Å². The van der Waals surface area contributed by atoms with Crippen LogP contribution in [0.3, 0.4) is 0 Å². The maximum absolute atomic E-state index is 12.3. The van der Waals surface area contributed by atoms with Crippen LogP contribution in [0, 0.1) is 0 Å². The Labute approximate surface area is 162 Å². The topological polar surface area (TPSA) is 50.8 Å². The molecule has 0 unspecified atom stereocenters. The van der Waals surface area contributed by atoms with E-state index in [1.54, 1.807) is 18.2 Å². The maximum Gasteiger partial charge on any atom is 0.238 e. The van der Waals surface area contributed by atoms with Crippen LogP contribution in [0.15, 0.2) is 36.4 Å². The molecule has 2 aromatic rings. The number of carbonyl (C=O) groups is 1. The summed E-state index contributed by atoms with van der Waals surface area (Å²) in [6.07, 6.45) is 0.842. The summed E-state index contributed by atoms with van der Waals surface area (Å²) in [5.41, 5.74) is 1.60. The fourth-order valence-corrected chi connectivity index (χ4v) is 3.15. The number of hydrogen-bond acceptors (Lipinski definition) is 4. The van der Waals surface area contributed by atoms with E-state index in [1.165, 1.54) is 0 Å². The number of amides is 1. The summed E-state index contributed by atoms with van der Waals surface area (Å²) < 4.78 is 11.2. The first-order valence-corrected chi connectivity index (χ1v) is 9.09. The first kappa shape index (κ1) is 18.8. The lowest BCUT2D eigenvalue weighted by molar-refractivity contribution is -0.117. The van der Waals surface area contributed by atoms with Gasteiger partial charge in [-0.25, -0.2) is 0 Å². The molecule has 0 bridgehead atoms. The van der Waals surface area contributed by atoms with E-state index in [9.17, 15) is 4.79 Å². The Morgan fingerprint density at radius 3 is 2.65 bits per heavy atom. The summed E-state index contributed by atoms with van der Waals surface area (Å²) in [6.45, 7) is 2.02. The van der Waals surface area contributed by atoms with E-state index >= 15 is 0 Å². The molecule has 3 rings (SSSR count). The SMILES string of the molecule is CN(CC(=O)Nc1ccc2c(c1)OCCCO2)Cc1ccc(Cl)cc1Cl. The Kier molecular flexibility index (Phi) is 6.25. The Bertz CT molecular complexity index is 798. The highest BCUT2D eigenvalue weighted by Crippen LogP contribution is 2.32. The third-order valence-corrected chi connectivity index (χ3v) is 4.49. The van der Waals surface area contributed by atoms with Gasteiger partial charge in [-0.1, -0.05) is 29.3 Å². The second kappa shape index (κ2) is 8.62. The van der Waals surface area contributed by atoms with Crippen molar-refractivity contribution in [1.29, 1.82) is 0 Å². The molecule has 0 saturated carbocycles. The molecule has 0 aliphatic carbocycles. The number of rotatable bonds is 5. The number of nitrogens with one attached hydrogen (secondary N) is 1. The quantitative estimate of drug-likeness (QED) is 0.824. The number of hydrogen-bond donors (Lipinski definition) is 1. The molecule has 0 spiro atoms. The summed E-state index contributed by atoms with van der Waals surface area (Å²) in [4.78, 5) is 14.2. The van der Waals surface area contributed by atoms with Gasteiger partial charge in [0.15, 0.2) is 11.5 Å². The minimum absolute atomic E-state index is 0.118. The van der Waals surface area contributed by atoms with Crippen LogP contribution in [0.5, 0.6) is 11.5 Å². The van der Waals surface area contributed by atoms with Crippen molar-refractivity contribution >= 4 is 34.8 Å². The molecule has 0 aromatic heterocycles. The molecule has 26 heavy (non-hydrogen) atoms. The summed E-state index contributed by atoms with van der Waals surface area (Å²) in [5.74, 6) is 1.24. The summed E-state index contributed by atoms with van der Waals surface area (Å²) in [7, 11) is 1.86. The van der Waals surface area contributed by atoms with Gasteiger partial charge in [0.25, 0.3) is 0 Å². The van der Waals surface area contributed by atoms with Gasteiger partial charge in [-0.05, 0) is 36.9 Å². The standard InChI is InChI=1S/C19H20Cl2N2O3/c1-23(11-13-3-4-14(20)9-16(13)21)12-19(24)22-15-5-6-17-18(10-15)26-8-2-7-25-17/h3-6,9-10H,2,7-8,11-12H2,1H3,(H,22,24). The monoisotopic (exact) mass is 394 g/mol. The molecule has 0 saturated heterocycles. The summed E-state index contributed by atoms with van der Waals surface area (Å²) >= 11 is 12.1. The van der Waals surface area contributed by atoms with E-state index in [2.05, 4.69) is 5.32 Å². The molecule has 2 aromatic carbocycles. The first-order chi connectivity index (χ1) is 12.5. The average Bonchev–Trinajstić information content (AvgIpc) is 2.82. The third kappa shape index (κ3) is 5.04. The van der Waals surface area contributed by atoms with Crippen molar-refractivity contribution in [2.75, 3.05) is 32.1 Å². The maximum atomic E-state index is 12.3. The van der Waals surface area contributed by atoms with Crippen LogP contribution < -0.4 is 14.8 Å². The van der Waals surface area contributed by atoms with Crippen LogP contribution in [-0.4, -0.2) is 37.6 Å². The lowest BCUT2D eigenvalue weighted by atomic mass is 10.2. The molecular formula is C19H20Cl2N2O3. The predicted molar refractivity (Wildman–Crippen MR) is 103 cm³/mol. The minimum atomic E-state index is -0.118. The van der Waals surface area contributed by atoms with Gasteiger partial charge in [-0.3, -0.25) is 9.69 Å². The van der Waals surface area contributed by atoms with Gasteiger partial charge < -0.3 is 14.8 Å². The Hall–Kier alpha value is -1.95. The van der Waals surface area contributed by atoms with Gasteiger partial charge in [0.1, 0.15) is 0 Å². The zero-order valence-electron chi connectivity index (χ0n) is 14.4. The van der Waals surface area contributed by atoms with Crippen molar-refractivity contribution in [3.8, 4) is 11.5 Å². The lowest BCUT2D eigenvalue weighted by Crippen LogP contribution is -2.29. The molecule has 0 fully saturated rings. The zero-order chi connectivity index (χ0) is 18.5. The van der Waals surface area contributed by atoms with Crippen LogP contribution >= 0.6 is 23.2 Å². The molecule has 1 heterocycles. The largest absolute Gasteiger partial charge is 0.490 e. The molecule has 138 valence electrons. The van der Waals surface area contributed by atoms with Gasteiger partial charge >= 0.3 is 0 Å². The van der Waals surface area contributed by atoms with E-state index in [0.29, 0.717) is 47.0 Å². The summed E-state index contributed by atoms with van der Waals surface area (Å²) in [6, 6.07) is 10.8.